The van der Waals surface area contributed by atoms with Crippen molar-refractivity contribution < 1.29 is 22.3 Å². The van der Waals surface area contributed by atoms with Crippen LogP contribution in [0.1, 0.15) is 11.3 Å². The second kappa shape index (κ2) is 6.04. The molecule has 3 nitrogen and oxygen atoms in total. The Morgan fingerprint density at radius 2 is 1.76 bits per heavy atom. The number of thiocarbonyl (C=S) groups is 1. The van der Waals surface area contributed by atoms with Gasteiger partial charge in [-0.25, -0.2) is 8.78 Å². The molecule has 110 valence electrons. The van der Waals surface area contributed by atoms with Gasteiger partial charge in [0.15, 0.2) is 17.4 Å². The summed E-state index contributed by atoms with van der Waals surface area (Å²) in [6, 6.07) is 3.02. The molecule has 2 rings (SSSR count). The monoisotopic (exact) mass is 316 g/mol. The second-order valence-electron chi connectivity index (χ2n) is 4.00. The molecule has 0 amide bonds. The lowest BCUT2D eigenvalue weighted by Gasteiger charge is -2.10. The largest absolute Gasteiger partial charge is 0.483 e. The van der Waals surface area contributed by atoms with Crippen LogP contribution in [0, 0.1) is 23.3 Å². The minimum Gasteiger partial charge on any atom is -0.483 e. The number of nitrogens with zero attached hydrogens (tertiary/aromatic N) is 1. The summed E-state index contributed by atoms with van der Waals surface area (Å²) in [5.41, 5.74) is 6.10. The van der Waals surface area contributed by atoms with E-state index < -0.39 is 29.0 Å². The van der Waals surface area contributed by atoms with Crippen LogP contribution < -0.4 is 10.5 Å². The van der Waals surface area contributed by atoms with Gasteiger partial charge in [0.25, 0.3) is 0 Å². The van der Waals surface area contributed by atoms with E-state index in [4.69, 9.17) is 22.7 Å². The van der Waals surface area contributed by atoms with Crippen molar-refractivity contribution in [2.75, 3.05) is 0 Å². The molecular weight excluding hydrogens is 308 g/mol. The number of ether oxygens (including phenoxy) is 1. The lowest BCUT2D eigenvalue weighted by molar-refractivity contribution is 0.261. The fourth-order valence-electron chi connectivity index (χ4n) is 1.53. The van der Waals surface area contributed by atoms with Crippen molar-refractivity contribution in [3.63, 3.8) is 0 Å². The Morgan fingerprint density at radius 3 is 2.33 bits per heavy atom. The Bertz CT molecular complexity index is 683. The highest BCUT2D eigenvalue weighted by atomic mass is 32.1. The Hall–Kier alpha value is -2.22. The molecule has 1 heterocycles. The summed E-state index contributed by atoms with van der Waals surface area (Å²) in [6.45, 7) is -0.338. The molecule has 0 saturated carbocycles. The molecule has 0 spiro atoms. The van der Waals surface area contributed by atoms with Crippen LogP contribution in [0.4, 0.5) is 17.6 Å². The van der Waals surface area contributed by atoms with Gasteiger partial charge in [0.05, 0.1) is 5.69 Å². The van der Waals surface area contributed by atoms with E-state index in [0.717, 1.165) is 0 Å². The highest BCUT2D eigenvalue weighted by Crippen LogP contribution is 2.27. The third-order valence-electron chi connectivity index (χ3n) is 2.53. The number of aromatic nitrogens is 1. The van der Waals surface area contributed by atoms with E-state index in [1.54, 1.807) is 0 Å². The third kappa shape index (κ3) is 3.27. The van der Waals surface area contributed by atoms with Crippen molar-refractivity contribution in [3.05, 3.63) is 58.9 Å². The number of benzene rings is 1. The predicted molar refractivity (Wildman–Crippen MR) is 70.7 cm³/mol. The summed E-state index contributed by atoms with van der Waals surface area (Å²) in [4.78, 5) is 3.90. The number of hydrogen-bond donors (Lipinski definition) is 1. The number of nitrogens with two attached hydrogens (primary N) is 1. The van der Waals surface area contributed by atoms with Gasteiger partial charge in [0.2, 0.25) is 11.6 Å². The van der Waals surface area contributed by atoms with Gasteiger partial charge in [0.1, 0.15) is 11.6 Å². The maximum atomic E-state index is 13.4. The molecule has 0 saturated heterocycles. The summed E-state index contributed by atoms with van der Waals surface area (Å²) in [5, 5.41) is 0. The van der Waals surface area contributed by atoms with Crippen LogP contribution in [0.5, 0.6) is 5.75 Å². The van der Waals surface area contributed by atoms with E-state index in [9.17, 15) is 17.6 Å². The van der Waals surface area contributed by atoms with Gasteiger partial charge in [-0.15, -0.1) is 0 Å². The second-order valence-corrected chi connectivity index (χ2v) is 4.44. The smallest absolute Gasteiger partial charge is 0.203 e. The van der Waals surface area contributed by atoms with Crippen molar-refractivity contribution in [1.29, 1.82) is 0 Å². The van der Waals surface area contributed by atoms with Crippen LogP contribution in [-0.2, 0) is 6.61 Å². The molecule has 2 N–H and O–H groups in total. The van der Waals surface area contributed by atoms with Crippen molar-refractivity contribution in [2.45, 2.75) is 6.61 Å². The Balaban J connectivity index is 2.25. The van der Waals surface area contributed by atoms with E-state index in [1.807, 2.05) is 0 Å². The van der Waals surface area contributed by atoms with E-state index >= 15 is 0 Å². The van der Waals surface area contributed by atoms with E-state index in [1.165, 1.54) is 18.3 Å². The first-order valence-corrected chi connectivity index (χ1v) is 6.01. The number of pyridine rings is 1. The molecule has 8 heteroatoms. The molecule has 21 heavy (non-hydrogen) atoms. The topological polar surface area (TPSA) is 48.1 Å². The highest BCUT2D eigenvalue weighted by molar-refractivity contribution is 7.80. The van der Waals surface area contributed by atoms with Gasteiger partial charge in [-0.05, 0) is 17.7 Å². The SMILES string of the molecule is NC(=S)c1cc(COc2c(F)c(F)cc(F)c2F)ccn1. The molecule has 1 aromatic heterocycles. The van der Waals surface area contributed by atoms with Gasteiger partial charge in [0, 0.05) is 12.3 Å². The number of rotatable bonds is 4. The molecule has 0 radical (unpaired) electrons. The molecule has 0 aliphatic rings. The van der Waals surface area contributed by atoms with Gasteiger partial charge < -0.3 is 10.5 Å². The van der Waals surface area contributed by atoms with Crippen LogP contribution in [0.3, 0.4) is 0 Å². The predicted octanol–water partition coefficient (Wildman–Crippen LogP) is 2.85. The average Bonchev–Trinajstić information content (AvgIpc) is 2.45. The Kier molecular flexibility index (Phi) is 4.37. The normalized spacial score (nSPS) is 10.5. The van der Waals surface area contributed by atoms with Gasteiger partial charge in [-0.3, -0.25) is 4.98 Å². The summed E-state index contributed by atoms with van der Waals surface area (Å²) in [5.74, 6) is -7.40. The van der Waals surface area contributed by atoms with Gasteiger partial charge in [-0.2, -0.15) is 8.78 Å². The minimum absolute atomic E-state index is 0.0333. The van der Waals surface area contributed by atoms with E-state index in [2.05, 4.69) is 4.98 Å². The molecule has 0 bridgehead atoms. The molecule has 0 fully saturated rings. The maximum absolute atomic E-state index is 13.4. The minimum atomic E-state index is -1.60. The zero-order valence-corrected chi connectivity index (χ0v) is 11.2. The first-order valence-electron chi connectivity index (χ1n) is 5.60. The molecule has 0 atom stereocenters. The molecule has 1 aromatic carbocycles. The standard InChI is InChI=1S/C13H8F4N2OS/c14-7-4-8(15)11(17)12(10(7)16)20-5-6-1-2-19-9(3-6)13(18)21/h1-4H,5H2,(H2,18,21). The van der Waals surface area contributed by atoms with Crippen LogP contribution in [0.2, 0.25) is 0 Å². The average molecular weight is 316 g/mol. The zero-order valence-electron chi connectivity index (χ0n) is 10.4. The molecule has 0 aliphatic heterocycles. The first-order chi connectivity index (χ1) is 9.90. The van der Waals surface area contributed by atoms with Gasteiger partial charge in [-0.1, -0.05) is 12.2 Å². The van der Waals surface area contributed by atoms with Gasteiger partial charge >= 0.3 is 0 Å². The Labute approximate surface area is 122 Å². The maximum Gasteiger partial charge on any atom is 0.203 e. The third-order valence-corrected chi connectivity index (χ3v) is 2.74. The highest BCUT2D eigenvalue weighted by Gasteiger charge is 2.20. The summed E-state index contributed by atoms with van der Waals surface area (Å²) in [7, 11) is 0. The lowest BCUT2D eigenvalue weighted by atomic mass is 10.2. The van der Waals surface area contributed by atoms with Crippen molar-refractivity contribution in [3.8, 4) is 5.75 Å². The van der Waals surface area contributed by atoms with Crippen LogP contribution in [0.15, 0.2) is 24.4 Å². The first kappa shape index (κ1) is 15.2. The summed E-state index contributed by atoms with van der Waals surface area (Å²) >= 11 is 4.73. The quantitative estimate of drug-likeness (QED) is 0.535. The molecule has 0 unspecified atom stereocenters. The summed E-state index contributed by atoms with van der Waals surface area (Å²) in [6.07, 6.45) is 1.37. The van der Waals surface area contributed by atoms with Crippen molar-refractivity contribution >= 4 is 17.2 Å². The van der Waals surface area contributed by atoms with Crippen LogP contribution >= 0.6 is 12.2 Å². The number of hydrogen-bond acceptors (Lipinski definition) is 3. The van der Waals surface area contributed by atoms with Crippen molar-refractivity contribution in [2.24, 2.45) is 5.73 Å². The lowest BCUT2D eigenvalue weighted by Crippen LogP contribution is -2.12. The van der Waals surface area contributed by atoms with E-state index in [-0.39, 0.29) is 23.4 Å². The molecule has 2 aromatic rings. The van der Waals surface area contributed by atoms with Crippen LogP contribution in [-0.4, -0.2) is 9.97 Å². The fourth-order valence-corrected chi connectivity index (χ4v) is 1.64. The fraction of sp³-hybridized carbons (Fsp3) is 0.0769. The van der Waals surface area contributed by atoms with E-state index in [0.29, 0.717) is 5.56 Å². The van der Waals surface area contributed by atoms with Crippen molar-refractivity contribution in [1.82, 2.24) is 4.98 Å². The van der Waals surface area contributed by atoms with Crippen LogP contribution in [0.25, 0.3) is 0 Å². The molecule has 0 aliphatic carbocycles. The summed E-state index contributed by atoms with van der Waals surface area (Å²) < 4.78 is 57.6. The molecular formula is C13H8F4N2OS. The number of halogens is 4. The zero-order chi connectivity index (χ0) is 15.6. The Morgan fingerprint density at radius 1 is 1.14 bits per heavy atom.